The fourth-order valence-electron chi connectivity index (χ4n) is 6.33. The van der Waals surface area contributed by atoms with Gasteiger partial charge in [0.05, 0.1) is 23.4 Å². The first-order chi connectivity index (χ1) is 18.0. The van der Waals surface area contributed by atoms with Gasteiger partial charge in [-0.05, 0) is 71.8 Å². The van der Waals surface area contributed by atoms with Crippen molar-refractivity contribution in [2.45, 2.75) is 38.5 Å². The molecule has 0 spiro atoms. The van der Waals surface area contributed by atoms with Gasteiger partial charge in [0.2, 0.25) is 11.8 Å². The number of carbonyl (C=O) groups is 5. The molecule has 2 amide bonds. The average molecular weight is 584 g/mol. The Balaban J connectivity index is 1.61. The van der Waals surface area contributed by atoms with Crippen molar-refractivity contribution in [1.29, 1.82) is 0 Å². The van der Waals surface area contributed by atoms with E-state index in [0.29, 0.717) is 33.2 Å². The van der Waals surface area contributed by atoms with Crippen LogP contribution in [0, 0.1) is 17.8 Å². The summed E-state index contributed by atoms with van der Waals surface area (Å²) in [5.41, 5.74) is 2.41. The SMILES string of the molecule is COc1cc([C@H]2C3=CC[C@@H]4C(=O)N(CCCC(=O)O)C(=O)[C@@H]4[C@@H]3CC3=C2C(=O)C(C)=CC3=O)cc(Br)c1O. The summed E-state index contributed by atoms with van der Waals surface area (Å²) in [6, 6.07) is 3.30. The van der Waals surface area contributed by atoms with E-state index in [1.54, 1.807) is 19.1 Å². The number of aliphatic carboxylic acids is 1. The molecule has 0 radical (unpaired) electrons. The zero-order valence-electron chi connectivity index (χ0n) is 20.8. The minimum Gasteiger partial charge on any atom is -0.503 e. The van der Waals surface area contributed by atoms with Crippen LogP contribution in [0.15, 0.2) is 51.0 Å². The maximum absolute atomic E-state index is 13.6. The minimum atomic E-state index is -1.00. The number of phenols is 1. The topological polar surface area (TPSA) is 138 Å². The Labute approximate surface area is 227 Å². The highest BCUT2D eigenvalue weighted by Crippen LogP contribution is 2.56. The molecule has 3 aliphatic carbocycles. The van der Waals surface area contributed by atoms with Gasteiger partial charge in [-0.25, -0.2) is 0 Å². The number of aromatic hydroxyl groups is 1. The highest BCUT2D eigenvalue weighted by atomic mass is 79.9. The van der Waals surface area contributed by atoms with Gasteiger partial charge in [0.1, 0.15) is 0 Å². The number of benzene rings is 1. The number of carboxylic acids is 1. The van der Waals surface area contributed by atoms with E-state index in [0.717, 1.165) is 10.5 Å². The van der Waals surface area contributed by atoms with Crippen molar-refractivity contribution in [2.75, 3.05) is 13.7 Å². The normalized spacial score (nSPS) is 26.6. The number of likely N-dealkylation sites (tertiary alicyclic amines) is 1. The van der Waals surface area contributed by atoms with Crippen LogP contribution in [0.2, 0.25) is 0 Å². The molecule has 10 heteroatoms. The molecule has 1 aliphatic heterocycles. The third-order valence-electron chi connectivity index (χ3n) is 8.03. The van der Waals surface area contributed by atoms with Crippen LogP contribution in [0.3, 0.4) is 0 Å². The minimum absolute atomic E-state index is 0.0256. The van der Waals surface area contributed by atoms with E-state index >= 15 is 0 Å². The number of hydrogen-bond acceptors (Lipinski definition) is 7. The van der Waals surface area contributed by atoms with E-state index < -0.39 is 29.6 Å². The Morgan fingerprint density at radius 2 is 1.89 bits per heavy atom. The third kappa shape index (κ3) is 4.02. The van der Waals surface area contributed by atoms with Crippen LogP contribution in [-0.2, 0) is 24.0 Å². The Morgan fingerprint density at radius 1 is 1.16 bits per heavy atom. The predicted octanol–water partition coefficient (Wildman–Crippen LogP) is 3.46. The number of ether oxygens (including phenoxy) is 1. The van der Waals surface area contributed by atoms with Gasteiger partial charge < -0.3 is 14.9 Å². The number of phenolic OH excluding ortho intramolecular Hbond substituents is 1. The smallest absolute Gasteiger partial charge is 0.303 e. The third-order valence-corrected chi connectivity index (χ3v) is 8.64. The summed E-state index contributed by atoms with van der Waals surface area (Å²) < 4.78 is 5.69. The number of fused-ring (bicyclic) bond motifs is 3. The molecule has 1 heterocycles. The van der Waals surface area contributed by atoms with Crippen molar-refractivity contribution < 1.29 is 38.9 Å². The Kier molecular flexibility index (Phi) is 6.63. The second-order valence-corrected chi connectivity index (χ2v) is 11.0. The summed E-state index contributed by atoms with van der Waals surface area (Å²) >= 11 is 3.35. The van der Waals surface area contributed by atoms with Crippen molar-refractivity contribution in [2.24, 2.45) is 17.8 Å². The van der Waals surface area contributed by atoms with E-state index in [2.05, 4.69) is 15.9 Å². The fourth-order valence-corrected chi connectivity index (χ4v) is 6.79. The Bertz CT molecular complexity index is 1400. The largest absolute Gasteiger partial charge is 0.503 e. The van der Waals surface area contributed by atoms with E-state index in [9.17, 15) is 29.1 Å². The lowest BCUT2D eigenvalue weighted by atomic mass is 9.59. The highest BCUT2D eigenvalue weighted by molar-refractivity contribution is 9.10. The summed E-state index contributed by atoms with van der Waals surface area (Å²) in [5, 5.41) is 19.4. The van der Waals surface area contributed by atoms with E-state index in [1.807, 2.05) is 6.08 Å². The molecular weight excluding hydrogens is 558 g/mol. The summed E-state index contributed by atoms with van der Waals surface area (Å²) in [7, 11) is 1.41. The molecule has 4 atom stereocenters. The molecule has 5 rings (SSSR count). The molecule has 0 aromatic heterocycles. The number of hydrogen-bond donors (Lipinski definition) is 2. The van der Waals surface area contributed by atoms with Crippen molar-refractivity contribution in [3.63, 3.8) is 0 Å². The van der Waals surface area contributed by atoms with Gasteiger partial charge >= 0.3 is 5.97 Å². The first kappa shape index (κ1) is 26.1. The molecule has 1 aromatic rings. The van der Waals surface area contributed by atoms with Gasteiger partial charge in [0.25, 0.3) is 0 Å². The molecule has 1 aromatic carbocycles. The molecule has 1 fully saturated rings. The molecular formula is C28H26BrNO8. The van der Waals surface area contributed by atoms with Crippen molar-refractivity contribution in [1.82, 2.24) is 4.90 Å². The predicted molar refractivity (Wildman–Crippen MR) is 137 cm³/mol. The summed E-state index contributed by atoms with van der Waals surface area (Å²) in [5.74, 6) is -4.61. The van der Waals surface area contributed by atoms with Gasteiger partial charge in [0, 0.05) is 35.6 Å². The van der Waals surface area contributed by atoms with Crippen LogP contribution < -0.4 is 4.74 Å². The van der Waals surface area contributed by atoms with Crippen molar-refractivity contribution >= 4 is 45.3 Å². The summed E-state index contributed by atoms with van der Waals surface area (Å²) in [4.78, 5) is 65.5. The lowest BCUT2D eigenvalue weighted by molar-refractivity contribution is -0.142. The standard InChI is InChI=1S/C28H26BrNO8/c1-12-8-19(31)17-11-16-14(5-6-15-23(16)28(37)30(27(15)36)7-3-4-21(32)33)22(24(17)25(12)34)13-9-18(29)26(35)20(10-13)38-2/h5,8-10,15-16,22-23,35H,3-4,6-7,11H2,1-2H3,(H,32,33)/t15-,16+,22-,23-/m0/s1. The van der Waals surface area contributed by atoms with Crippen LogP contribution >= 0.6 is 15.9 Å². The average Bonchev–Trinajstić information content (AvgIpc) is 3.12. The zero-order chi connectivity index (χ0) is 27.5. The second-order valence-electron chi connectivity index (χ2n) is 10.1. The van der Waals surface area contributed by atoms with Crippen molar-refractivity contribution in [3.05, 3.63) is 56.6 Å². The number of amides is 2. The number of halogens is 1. The van der Waals surface area contributed by atoms with Gasteiger partial charge in [-0.15, -0.1) is 0 Å². The van der Waals surface area contributed by atoms with Crippen LogP contribution in [0.4, 0.5) is 0 Å². The summed E-state index contributed by atoms with van der Waals surface area (Å²) in [6.45, 7) is 1.62. The maximum Gasteiger partial charge on any atom is 0.303 e. The highest BCUT2D eigenvalue weighted by Gasteiger charge is 2.56. The first-order valence-electron chi connectivity index (χ1n) is 12.4. The quantitative estimate of drug-likeness (QED) is 0.295. The van der Waals surface area contributed by atoms with Crippen LogP contribution in [-0.4, -0.2) is 58.1 Å². The Hall–Kier alpha value is -3.53. The Morgan fingerprint density at radius 3 is 2.58 bits per heavy atom. The van der Waals surface area contributed by atoms with Gasteiger partial charge in [0.15, 0.2) is 23.1 Å². The first-order valence-corrected chi connectivity index (χ1v) is 13.2. The van der Waals surface area contributed by atoms with Crippen LogP contribution in [0.5, 0.6) is 11.5 Å². The van der Waals surface area contributed by atoms with Gasteiger partial charge in [-0.1, -0.05) is 11.6 Å². The second kappa shape index (κ2) is 9.65. The lowest BCUT2D eigenvalue weighted by Crippen LogP contribution is -2.40. The van der Waals surface area contributed by atoms with Gasteiger partial charge in [-0.3, -0.25) is 28.9 Å². The molecule has 1 saturated heterocycles. The molecule has 0 bridgehead atoms. The molecule has 2 N–H and O–H groups in total. The van der Waals surface area contributed by atoms with Crippen molar-refractivity contribution in [3.8, 4) is 11.5 Å². The fraction of sp³-hybridized carbons (Fsp3) is 0.393. The number of carboxylic acid groups (broad SMARTS) is 1. The van der Waals surface area contributed by atoms with E-state index in [-0.39, 0.29) is 60.7 Å². The number of imide groups is 1. The van der Waals surface area contributed by atoms with Crippen LogP contribution in [0.25, 0.3) is 0 Å². The number of methoxy groups -OCH3 is 1. The number of ketones is 2. The number of nitrogens with zero attached hydrogens (tertiary/aromatic N) is 1. The summed E-state index contributed by atoms with van der Waals surface area (Å²) in [6.07, 6.45) is 3.69. The van der Waals surface area contributed by atoms with E-state index in [4.69, 9.17) is 9.84 Å². The maximum atomic E-state index is 13.6. The lowest BCUT2D eigenvalue weighted by Gasteiger charge is -2.42. The zero-order valence-corrected chi connectivity index (χ0v) is 22.4. The number of rotatable bonds is 6. The molecule has 9 nitrogen and oxygen atoms in total. The molecule has 4 aliphatic rings. The molecule has 0 saturated carbocycles. The molecule has 0 unspecified atom stereocenters. The number of allylic oxidation sites excluding steroid dienone is 6. The number of carbonyl (C=O) groups excluding carboxylic acids is 4. The molecule has 198 valence electrons. The number of Topliss-reactive ketones (excluding diaryl/α,β-unsaturated/α-hetero) is 1. The monoisotopic (exact) mass is 583 g/mol. The van der Waals surface area contributed by atoms with Crippen LogP contribution in [0.1, 0.15) is 44.1 Å². The molecule has 38 heavy (non-hydrogen) atoms. The van der Waals surface area contributed by atoms with Gasteiger partial charge in [-0.2, -0.15) is 0 Å². The van der Waals surface area contributed by atoms with E-state index in [1.165, 1.54) is 13.2 Å².